The molecule has 1 amide bonds. The number of hydrogen-bond donors (Lipinski definition) is 1. The largest absolute Gasteiger partial charge is 0.748 e. The summed E-state index contributed by atoms with van der Waals surface area (Å²) in [6.45, 7) is 7.69. The molecular formula is C32H49N3O4S. The SMILES string of the molecule is CCCCCCN(CCCCCC)c1ccc(/C=C/c2cc[n+](CCCC(=O)NCCCS(=O)(=O)[O-])cc2)cc1. The molecule has 0 saturated heterocycles. The van der Waals surface area contributed by atoms with Gasteiger partial charge < -0.3 is 14.8 Å². The minimum atomic E-state index is -4.22. The van der Waals surface area contributed by atoms with E-state index in [1.807, 2.05) is 17.0 Å². The number of hydrogen-bond acceptors (Lipinski definition) is 5. The predicted octanol–water partition coefficient (Wildman–Crippen LogP) is 5.94. The smallest absolute Gasteiger partial charge is 0.220 e. The first-order valence-electron chi connectivity index (χ1n) is 15.0. The number of amides is 1. The van der Waals surface area contributed by atoms with Gasteiger partial charge in [-0.05, 0) is 42.5 Å². The van der Waals surface area contributed by atoms with Gasteiger partial charge in [0.05, 0.1) is 10.1 Å². The number of nitrogens with zero attached hydrogens (tertiary/aromatic N) is 2. The van der Waals surface area contributed by atoms with Gasteiger partial charge in [-0.3, -0.25) is 4.79 Å². The van der Waals surface area contributed by atoms with E-state index in [9.17, 15) is 17.8 Å². The van der Waals surface area contributed by atoms with Crippen molar-refractivity contribution in [2.75, 3.05) is 30.3 Å². The van der Waals surface area contributed by atoms with Crippen molar-refractivity contribution in [1.82, 2.24) is 5.32 Å². The zero-order chi connectivity index (χ0) is 29.1. The molecule has 0 saturated carbocycles. The summed E-state index contributed by atoms with van der Waals surface area (Å²) < 4.78 is 33.8. The third kappa shape index (κ3) is 15.2. The van der Waals surface area contributed by atoms with E-state index in [-0.39, 0.29) is 18.9 Å². The Bertz CT molecular complexity index is 1090. The molecule has 1 heterocycles. The first-order valence-corrected chi connectivity index (χ1v) is 16.6. The molecule has 8 heteroatoms. The van der Waals surface area contributed by atoms with Gasteiger partial charge in [0.1, 0.15) is 6.54 Å². The van der Waals surface area contributed by atoms with Crippen LogP contribution >= 0.6 is 0 Å². The van der Waals surface area contributed by atoms with E-state index < -0.39 is 15.9 Å². The lowest BCUT2D eigenvalue weighted by Crippen LogP contribution is -2.34. The molecule has 2 rings (SSSR count). The summed E-state index contributed by atoms with van der Waals surface area (Å²) in [6.07, 6.45) is 19.7. The van der Waals surface area contributed by atoms with Gasteiger partial charge >= 0.3 is 0 Å². The normalized spacial score (nSPS) is 11.7. The van der Waals surface area contributed by atoms with Crippen LogP contribution in [0.2, 0.25) is 0 Å². The highest BCUT2D eigenvalue weighted by atomic mass is 32.2. The Morgan fingerprint density at radius 1 is 0.825 bits per heavy atom. The summed E-state index contributed by atoms with van der Waals surface area (Å²) in [4.78, 5) is 14.4. The molecule has 0 bridgehead atoms. The quantitative estimate of drug-likeness (QED) is 0.114. The lowest BCUT2D eigenvalue weighted by molar-refractivity contribution is -0.697. The van der Waals surface area contributed by atoms with Gasteiger partial charge in [-0.1, -0.05) is 76.7 Å². The van der Waals surface area contributed by atoms with Crippen molar-refractivity contribution in [1.29, 1.82) is 0 Å². The van der Waals surface area contributed by atoms with Crippen molar-refractivity contribution >= 4 is 33.9 Å². The van der Waals surface area contributed by atoms with Gasteiger partial charge in [0, 0.05) is 56.0 Å². The van der Waals surface area contributed by atoms with Crippen LogP contribution < -0.4 is 14.8 Å². The molecule has 7 nitrogen and oxygen atoms in total. The van der Waals surface area contributed by atoms with Crippen molar-refractivity contribution in [2.24, 2.45) is 0 Å². The molecule has 0 aliphatic carbocycles. The van der Waals surface area contributed by atoms with Crippen LogP contribution in [0.3, 0.4) is 0 Å². The average molecular weight is 572 g/mol. The second kappa shape index (κ2) is 19.4. The molecule has 1 aromatic carbocycles. The Hall–Kier alpha value is -2.71. The second-order valence-corrected chi connectivity index (χ2v) is 12.0. The van der Waals surface area contributed by atoms with Crippen LogP contribution in [0.5, 0.6) is 0 Å². The summed E-state index contributed by atoms with van der Waals surface area (Å²) in [7, 11) is -4.22. The number of unbranched alkanes of at least 4 members (excludes halogenated alkanes) is 6. The molecule has 1 aromatic heterocycles. The highest BCUT2D eigenvalue weighted by Gasteiger charge is 2.07. The Morgan fingerprint density at radius 3 is 1.95 bits per heavy atom. The molecule has 1 N–H and O–H groups in total. The molecule has 222 valence electrons. The fourth-order valence-corrected chi connectivity index (χ4v) is 5.03. The van der Waals surface area contributed by atoms with Gasteiger partial charge in [-0.25, -0.2) is 13.0 Å². The third-order valence-corrected chi connectivity index (χ3v) is 7.71. The van der Waals surface area contributed by atoms with Crippen molar-refractivity contribution in [3.63, 3.8) is 0 Å². The lowest BCUT2D eigenvalue weighted by atomic mass is 10.1. The first kappa shape index (κ1) is 33.5. The number of carbonyl (C=O) groups excluding carboxylic acids is 1. The van der Waals surface area contributed by atoms with Crippen LogP contribution in [0.25, 0.3) is 12.2 Å². The van der Waals surface area contributed by atoms with E-state index in [0.29, 0.717) is 19.4 Å². The number of aromatic nitrogens is 1. The Kier molecular flexibility index (Phi) is 16.2. The van der Waals surface area contributed by atoms with E-state index in [0.717, 1.165) is 18.7 Å². The Balaban J connectivity index is 1.80. The highest BCUT2D eigenvalue weighted by Crippen LogP contribution is 2.19. The summed E-state index contributed by atoms with van der Waals surface area (Å²) in [5.74, 6) is -0.586. The van der Waals surface area contributed by atoms with Crippen LogP contribution in [0.4, 0.5) is 5.69 Å². The van der Waals surface area contributed by atoms with E-state index in [1.54, 1.807) is 0 Å². The van der Waals surface area contributed by atoms with Crippen LogP contribution in [-0.2, 0) is 21.5 Å². The molecule has 40 heavy (non-hydrogen) atoms. The Labute approximate surface area is 242 Å². The zero-order valence-corrected chi connectivity index (χ0v) is 25.3. The maximum atomic E-state index is 11.9. The molecule has 0 unspecified atom stereocenters. The zero-order valence-electron chi connectivity index (χ0n) is 24.5. The molecule has 0 spiro atoms. The van der Waals surface area contributed by atoms with E-state index >= 15 is 0 Å². The number of rotatable bonds is 21. The maximum Gasteiger partial charge on any atom is 0.220 e. The average Bonchev–Trinajstić information content (AvgIpc) is 2.94. The maximum absolute atomic E-state index is 11.9. The molecule has 0 fully saturated rings. The first-order chi connectivity index (χ1) is 19.3. The summed E-state index contributed by atoms with van der Waals surface area (Å²) in [6, 6.07) is 13.0. The van der Waals surface area contributed by atoms with Crippen molar-refractivity contribution in [3.05, 3.63) is 59.9 Å². The van der Waals surface area contributed by atoms with Crippen LogP contribution in [0.1, 0.15) is 95.6 Å². The number of carbonyl (C=O) groups is 1. The predicted molar refractivity (Wildman–Crippen MR) is 164 cm³/mol. The van der Waals surface area contributed by atoms with Crippen molar-refractivity contribution in [3.8, 4) is 0 Å². The fourth-order valence-electron chi connectivity index (χ4n) is 4.53. The van der Waals surface area contributed by atoms with Gasteiger partial charge in [-0.2, -0.15) is 0 Å². The number of anilines is 1. The van der Waals surface area contributed by atoms with Crippen molar-refractivity contribution < 1.29 is 22.3 Å². The van der Waals surface area contributed by atoms with Crippen molar-refractivity contribution in [2.45, 2.75) is 91.0 Å². The molecule has 0 radical (unpaired) electrons. The molecule has 0 atom stereocenters. The number of aryl methyl sites for hydroxylation is 1. The fraction of sp³-hybridized carbons (Fsp3) is 0.562. The second-order valence-electron chi connectivity index (χ2n) is 10.5. The summed E-state index contributed by atoms with van der Waals surface area (Å²) in [5, 5.41) is 2.66. The standard InChI is InChI=1S/C32H49N3O4S/c1-3-5-7-9-24-35(25-10-8-6-4-2)31-18-16-29(17-19-31)14-15-30-20-26-34(27-21-30)23-11-13-32(36)33-22-12-28-40(37,38)39/h14-21,26-27H,3-13,22-25,28H2,1-2H3,(H-,33,36,37,38,39). The molecule has 0 aliphatic heterocycles. The van der Waals surface area contributed by atoms with Gasteiger partial charge in [0.15, 0.2) is 12.4 Å². The Morgan fingerprint density at radius 2 is 1.40 bits per heavy atom. The van der Waals surface area contributed by atoms with E-state index in [2.05, 4.69) is 72.6 Å². The highest BCUT2D eigenvalue weighted by molar-refractivity contribution is 7.85. The molecule has 2 aromatic rings. The van der Waals surface area contributed by atoms with Crippen LogP contribution in [0.15, 0.2) is 48.8 Å². The lowest BCUT2D eigenvalue weighted by Gasteiger charge is -2.25. The number of benzene rings is 1. The summed E-state index contributed by atoms with van der Waals surface area (Å²) in [5.41, 5.74) is 3.60. The van der Waals surface area contributed by atoms with Crippen LogP contribution in [-0.4, -0.2) is 44.3 Å². The topological polar surface area (TPSA) is 93.4 Å². The monoisotopic (exact) mass is 571 g/mol. The molecular weight excluding hydrogens is 522 g/mol. The van der Waals surface area contributed by atoms with Gasteiger partial charge in [-0.15, -0.1) is 0 Å². The van der Waals surface area contributed by atoms with E-state index in [1.165, 1.54) is 62.6 Å². The minimum Gasteiger partial charge on any atom is -0.748 e. The van der Waals surface area contributed by atoms with Crippen LogP contribution in [0, 0.1) is 0 Å². The number of pyridine rings is 1. The van der Waals surface area contributed by atoms with Gasteiger partial charge in [0.2, 0.25) is 5.91 Å². The van der Waals surface area contributed by atoms with E-state index in [4.69, 9.17) is 0 Å². The molecule has 0 aliphatic rings. The summed E-state index contributed by atoms with van der Waals surface area (Å²) >= 11 is 0. The third-order valence-electron chi connectivity index (χ3n) is 6.92. The minimum absolute atomic E-state index is 0.134. The number of nitrogens with one attached hydrogen (secondary N) is 1. The van der Waals surface area contributed by atoms with Gasteiger partial charge in [0.25, 0.3) is 0 Å².